The molecule has 1 aliphatic carbocycles. The molecule has 4 nitrogen and oxygen atoms in total. The summed E-state index contributed by atoms with van der Waals surface area (Å²) in [4.78, 5) is 3.97. The van der Waals surface area contributed by atoms with E-state index in [9.17, 15) is 5.11 Å². The van der Waals surface area contributed by atoms with Gasteiger partial charge < -0.3 is 5.11 Å². The highest BCUT2D eigenvalue weighted by molar-refractivity contribution is 6.31. The van der Waals surface area contributed by atoms with E-state index in [1.807, 2.05) is 24.3 Å². The van der Waals surface area contributed by atoms with Gasteiger partial charge in [0.15, 0.2) is 0 Å². The van der Waals surface area contributed by atoms with Gasteiger partial charge >= 0.3 is 0 Å². The molecule has 112 valence electrons. The van der Waals surface area contributed by atoms with Gasteiger partial charge in [0.2, 0.25) is 0 Å². The molecule has 21 heavy (non-hydrogen) atoms. The van der Waals surface area contributed by atoms with E-state index in [2.05, 4.69) is 23.9 Å². The number of rotatable bonds is 3. The Balaban J connectivity index is 2.02. The quantitative estimate of drug-likeness (QED) is 0.947. The van der Waals surface area contributed by atoms with Gasteiger partial charge in [-0.15, -0.1) is 0 Å². The lowest BCUT2D eigenvalue weighted by atomic mass is 9.72. The lowest BCUT2D eigenvalue weighted by Crippen LogP contribution is -2.47. The molecule has 2 unspecified atom stereocenters. The van der Waals surface area contributed by atoms with Crippen molar-refractivity contribution in [3.8, 4) is 0 Å². The third kappa shape index (κ3) is 2.36. The third-order valence-corrected chi connectivity index (χ3v) is 5.30. The van der Waals surface area contributed by atoms with Crippen molar-refractivity contribution in [2.24, 2.45) is 5.41 Å². The zero-order chi connectivity index (χ0) is 15.1. The molecule has 0 saturated heterocycles. The second-order valence-corrected chi connectivity index (χ2v) is 6.92. The van der Waals surface area contributed by atoms with Crippen molar-refractivity contribution in [3.63, 3.8) is 0 Å². The maximum absolute atomic E-state index is 11.5. The summed E-state index contributed by atoms with van der Waals surface area (Å²) in [7, 11) is 0. The average molecular weight is 306 g/mol. The topological polar surface area (TPSA) is 50.9 Å². The first-order chi connectivity index (χ1) is 9.94. The first-order valence-corrected chi connectivity index (χ1v) is 7.61. The summed E-state index contributed by atoms with van der Waals surface area (Å²) in [6, 6.07) is 7.80. The van der Waals surface area contributed by atoms with E-state index in [0.717, 1.165) is 23.4 Å². The van der Waals surface area contributed by atoms with Crippen LogP contribution in [0.4, 0.5) is 0 Å². The summed E-state index contributed by atoms with van der Waals surface area (Å²) >= 11 is 6.36. The molecular weight excluding hydrogens is 286 g/mol. The highest BCUT2D eigenvalue weighted by atomic mass is 35.5. The molecular formula is C16H20ClN3O. The Morgan fingerprint density at radius 2 is 2.14 bits per heavy atom. The van der Waals surface area contributed by atoms with Crippen LogP contribution in [0.3, 0.4) is 0 Å². The lowest BCUT2D eigenvalue weighted by molar-refractivity contribution is -0.0713. The second-order valence-electron chi connectivity index (χ2n) is 6.51. The highest BCUT2D eigenvalue weighted by Crippen LogP contribution is 2.55. The maximum Gasteiger partial charge on any atom is 0.137 e. The summed E-state index contributed by atoms with van der Waals surface area (Å²) in [5.41, 5.74) is -0.0820. The number of nitrogens with zero attached hydrogens (tertiary/aromatic N) is 3. The van der Waals surface area contributed by atoms with E-state index in [-0.39, 0.29) is 11.3 Å². The zero-order valence-electron chi connectivity index (χ0n) is 12.3. The van der Waals surface area contributed by atoms with Gasteiger partial charge in [-0.05, 0) is 29.9 Å². The number of hydrogen-bond acceptors (Lipinski definition) is 3. The van der Waals surface area contributed by atoms with Gasteiger partial charge in [0, 0.05) is 10.9 Å². The number of benzene rings is 1. The molecule has 1 aromatic carbocycles. The van der Waals surface area contributed by atoms with Crippen molar-refractivity contribution >= 4 is 11.6 Å². The predicted octanol–water partition coefficient (Wildman–Crippen LogP) is 3.27. The molecule has 1 fully saturated rings. The Bertz CT molecular complexity index is 626. The van der Waals surface area contributed by atoms with Crippen molar-refractivity contribution in [2.75, 3.05) is 0 Å². The van der Waals surface area contributed by atoms with Crippen molar-refractivity contribution in [1.29, 1.82) is 0 Å². The minimum absolute atomic E-state index is 0.00500. The lowest BCUT2D eigenvalue weighted by Gasteiger charge is -2.41. The summed E-state index contributed by atoms with van der Waals surface area (Å²) in [6.45, 7) is 4.65. The molecule has 1 N–H and O–H groups in total. The maximum atomic E-state index is 11.5. The Hall–Kier alpha value is -1.39. The number of aromatic nitrogens is 3. The summed E-state index contributed by atoms with van der Waals surface area (Å²) < 4.78 is 1.71. The average Bonchev–Trinajstić information content (AvgIpc) is 3.00. The molecule has 0 spiro atoms. The van der Waals surface area contributed by atoms with Crippen LogP contribution in [0.2, 0.25) is 5.02 Å². The number of aliphatic hydroxyl groups is 1. The molecule has 3 rings (SSSR count). The molecule has 1 saturated carbocycles. The fourth-order valence-electron chi connectivity index (χ4n) is 3.49. The predicted molar refractivity (Wildman–Crippen MR) is 82.2 cm³/mol. The Kier molecular flexibility index (Phi) is 3.54. The van der Waals surface area contributed by atoms with E-state index in [4.69, 9.17) is 11.6 Å². The largest absolute Gasteiger partial charge is 0.387 e. The molecule has 0 bridgehead atoms. The third-order valence-electron chi connectivity index (χ3n) is 4.96. The van der Waals surface area contributed by atoms with Gasteiger partial charge in [-0.2, -0.15) is 5.10 Å². The van der Waals surface area contributed by atoms with Gasteiger partial charge in [0.25, 0.3) is 0 Å². The van der Waals surface area contributed by atoms with Gasteiger partial charge in [0.1, 0.15) is 12.7 Å². The van der Waals surface area contributed by atoms with Crippen LogP contribution in [0.25, 0.3) is 0 Å². The Morgan fingerprint density at radius 3 is 2.81 bits per heavy atom. The van der Waals surface area contributed by atoms with E-state index in [1.165, 1.54) is 6.33 Å². The fourth-order valence-corrected chi connectivity index (χ4v) is 3.76. The monoisotopic (exact) mass is 305 g/mol. The minimum Gasteiger partial charge on any atom is -0.387 e. The van der Waals surface area contributed by atoms with Crippen LogP contribution < -0.4 is 0 Å². The summed E-state index contributed by atoms with van der Waals surface area (Å²) in [5.74, 6) is 0.00500. The number of hydrogen-bond donors (Lipinski definition) is 1. The van der Waals surface area contributed by atoms with Crippen LogP contribution in [0.1, 0.15) is 38.2 Å². The van der Waals surface area contributed by atoms with Crippen LogP contribution in [-0.2, 0) is 6.54 Å². The first-order valence-electron chi connectivity index (χ1n) is 7.23. The summed E-state index contributed by atoms with van der Waals surface area (Å²) in [5, 5.41) is 16.4. The van der Waals surface area contributed by atoms with Gasteiger partial charge in [-0.25, -0.2) is 4.98 Å². The zero-order valence-corrected chi connectivity index (χ0v) is 13.1. The second kappa shape index (κ2) is 5.11. The first kappa shape index (κ1) is 14.5. The van der Waals surface area contributed by atoms with Crippen LogP contribution in [0.5, 0.6) is 0 Å². The van der Waals surface area contributed by atoms with Crippen LogP contribution >= 0.6 is 11.6 Å². The van der Waals surface area contributed by atoms with E-state index in [1.54, 1.807) is 11.0 Å². The standard InChI is InChI=1S/C16H20ClN3O/c1-15(2)8-7-13(12-5-3-4-6-14(12)17)16(15,21)9-20-11-18-10-19-20/h3-6,10-11,13,21H,7-9H2,1-2H3. The van der Waals surface area contributed by atoms with Crippen LogP contribution in [0.15, 0.2) is 36.9 Å². The Morgan fingerprint density at radius 1 is 1.38 bits per heavy atom. The SMILES string of the molecule is CC1(C)CCC(c2ccccc2Cl)C1(O)Cn1cncn1. The summed E-state index contributed by atoms with van der Waals surface area (Å²) in [6.07, 6.45) is 5.02. The minimum atomic E-state index is -0.897. The van der Waals surface area contributed by atoms with Gasteiger partial charge in [-0.1, -0.05) is 43.6 Å². The van der Waals surface area contributed by atoms with Crippen LogP contribution in [-0.4, -0.2) is 25.5 Å². The molecule has 0 radical (unpaired) electrons. The van der Waals surface area contributed by atoms with E-state index >= 15 is 0 Å². The molecule has 1 aliphatic rings. The van der Waals surface area contributed by atoms with Crippen molar-refractivity contribution in [3.05, 3.63) is 47.5 Å². The normalized spacial score (nSPS) is 27.9. The van der Waals surface area contributed by atoms with Gasteiger partial charge in [-0.3, -0.25) is 4.68 Å². The molecule has 0 amide bonds. The van der Waals surface area contributed by atoms with Crippen molar-refractivity contribution in [1.82, 2.24) is 14.8 Å². The smallest absolute Gasteiger partial charge is 0.137 e. The van der Waals surface area contributed by atoms with E-state index < -0.39 is 5.60 Å². The molecule has 2 aromatic rings. The van der Waals surface area contributed by atoms with Crippen molar-refractivity contribution < 1.29 is 5.11 Å². The molecule has 1 aromatic heterocycles. The van der Waals surface area contributed by atoms with Gasteiger partial charge in [0.05, 0.1) is 12.1 Å². The van der Waals surface area contributed by atoms with Crippen molar-refractivity contribution in [2.45, 2.75) is 44.8 Å². The van der Waals surface area contributed by atoms with E-state index in [0.29, 0.717) is 6.54 Å². The Labute approximate surface area is 129 Å². The molecule has 2 atom stereocenters. The number of halogens is 1. The highest BCUT2D eigenvalue weighted by Gasteiger charge is 2.55. The molecule has 0 aliphatic heterocycles. The molecule has 1 heterocycles. The van der Waals surface area contributed by atoms with Crippen LogP contribution in [0, 0.1) is 5.41 Å². The fraction of sp³-hybridized carbons (Fsp3) is 0.500. The molecule has 5 heteroatoms.